The van der Waals surface area contributed by atoms with Gasteiger partial charge in [-0.25, -0.2) is 0 Å². The van der Waals surface area contributed by atoms with Crippen molar-refractivity contribution in [2.45, 2.75) is 94.1 Å². The number of nitrogens with zero attached hydrogens (tertiary/aromatic N) is 2. The van der Waals surface area contributed by atoms with Crippen LogP contribution in [0.15, 0.2) is 0 Å². The zero-order valence-electron chi connectivity index (χ0n) is 22.1. The number of amides is 2. The number of ether oxygens (including phenoxy) is 2. The van der Waals surface area contributed by atoms with E-state index >= 15 is 0 Å². The molecule has 0 unspecified atom stereocenters. The normalized spacial score (nSPS) is 12.7. The predicted molar refractivity (Wildman–Crippen MR) is 128 cm³/mol. The van der Waals surface area contributed by atoms with Crippen LogP contribution < -0.4 is 0 Å². The Balaban J connectivity index is 4.67. The third-order valence-electron chi connectivity index (χ3n) is 5.07. The fourth-order valence-electron chi connectivity index (χ4n) is 3.34. The van der Waals surface area contributed by atoms with Crippen LogP contribution in [-0.4, -0.2) is 73.2 Å². The van der Waals surface area contributed by atoms with Crippen LogP contribution in [0.3, 0.4) is 0 Å². The summed E-state index contributed by atoms with van der Waals surface area (Å²) in [6.45, 7) is 24.4. The SMILES string of the molecule is CCCCC(=O)N(CC)CC(C)(C)COCC(C)(C)CN(CC)C(=O)COC(C)(C)C. The number of unbranched alkanes of at least 4 members (excludes halogenated alkanes) is 1. The van der Waals surface area contributed by atoms with Crippen molar-refractivity contribution in [3.63, 3.8) is 0 Å². The van der Waals surface area contributed by atoms with Crippen molar-refractivity contribution >= 4 is 11.8 Å². The van der Waals surface area contributed by atoms with Crippen LogP contribution in [0.5, 0.6) is 0 Å². The molecule has 0 aliphatic carbocycles. The van der Waals surface area contributed by atoms with E-state index in [-0.39, 0.29) is 34.9 Å². The van der Waals surface area contributed by atoms with Gasteiger partial charge in [-0.2, -0.15) is 0 Å². The molecule has 0 aromatic carbocycles. The first kappa shape index (κ1) is 29.9. The molecule has 6 nitrogen and oxygen atoms in total. The average Bonchev–Trinajstić information content (AvgIpc) is 2.65. The van der Waals surface area contributed by atoms with Crippen LogP contribution in [0.1, 0.15) is 88.5 Å². The molecule has 6 heteroatoms. The summed E-state index contributed by atoms with van der Waals surface area (Å²) >= 11 is 0. The number of rotatable bonds is 15. The molecule has 0 rings (SSSR count). The second kappa shape index (κ2) is 13.4. The van der Waals surface area contributed by atoms with Crippen molar-refractivity contribution < 1.29 is 19.1 Å². The minimum atomic E-state index is -0.330. The second-order valence-electron chi connectivity index (χ2n) is 11.1. The van der Waals surface area contributed by atoms with E-state index in [1.807, 2.05) is 44.4 Å². The monoisotopic (exact) mass is 442 g/mol. The van der Waals surface area contributed by atoms with Crippen molar-refractivity contribution in [3.8, 4) is 0 Å². The van der Waals surface area contributed by atoms with E-state index in [9.17, 15) is 9.59 Å². The molecule has 0 radical (unpaired) electrons. The summed E-state index contributed by atoms with van der Waals surface area (Å²) in [6.07, 6.45) is 2.59. The lowest BCUT2D eigenvalue weighted by Gasteiger charge is -2.35. The quantitative estimate of drug-likeness (QED) is 0.367. The first-order chi connectivity index (χ1) is 14.2. The molecule has 0 bridgehead atoms. The Morgan fingerprint density at radius 3 is 1.58 bits per heavy atom. The summed E-state index contributed by atoms with van der Waals surface area (Å²) in [5.41, 5.74) is -0.636. The van der Waals surface area contributed by atoms with E-state index in [0.717, 1.165) is 19.4 Å². The van der Waals surface area contributed by atoms with Gasteiger partial charge in [-0.3, -0.25) is 9.59 Å². The smallest absolute Gasteiger partial charge is 0.248 e. The Hall–Kier alpha value is -1.14. The Morgan fingerprint density at radius 1 is 0.742 bits per heavy atom. The van der Waals surface area contributed by atoms with E-state index in [1.165, 1.54) is 0 Å². The summed E-state index contributed by atoms with van der Waals surface area (Å²) < 4.78 is 11.8. The summed E-state index contributed by atoms with van der Waals surface area (Å²) in [6, 6.07) is 0. The molecule has 0 aliphatic heterocycles. The molecule has 0 saturated heterocycles. The van der Waals surface area contributed by atoms with Crippen LogP contribution in [-0.2, 0) is 19.1 Å². The minimum Gasteiger partial charge on any atom is -0.380 e. The first-order valence-corrected chi connectivity index (χ1v) is 11.9. The minimum absolute atomic E-state index is 0.00927. The maximum Gasteiger partial charge on any atom is 0.248 e. The van der Waals surface area contributed by atoms with Gasteiger partial charge >= 0.3 is 0 Å². The summed E-state index contributed by atoms with van der Waals surface area (Å²) in [5, 5.41) is 0. The maximum absolute atomic E-state index is 12.5. The molecule has 0 aliphatic rings. The Labute approximate surface area is 192 Å². The summed E-state index contributed by atoms with van der Waals surface area (Å²) in [4.78, 5) is 28.7. The van der Waals surface area contributed by atoms with E-state index in [1.54, 1.807) is 0 Å². The van der Waals surface area contributed by atoms with E-state index in [0.29, 0.717) is 39.3 Å². The third kappa shape index (κ3) is 13.8. The van der Waals surface area contributed by atoms with Crippen LogP contribution >= 0.6 is 0 Å². The fourth-order valence-corrected chi connectivity index (χ4v) is 3.34. The molecule has 0 aromatic rings. The van der Waals surface area contributed by atoms with E-state index in [4.69, 9.17) is 9.47 Å². The lowest BCUT2D eigenvalue weighted by Crippen LogP contribution is -2.44. The molecule has 2 amide bonds. The van der Waals surface area contributed by atoms with Crippen molar-refractivity contribution in [1.29, 1.82) is 0 Å². The van der Waals surface area contributed by atoms with Crippen molar-refractivity contribution in [1.82, 2.24) is 9.80 Å². The Morgan fingerprint density at radius 2 is 1.19 bits per heavy atom. The molecule has 0 aromatic heterocycles. The van der Waals surface area contributed by atoms with Crippen LogP contribution in [0.25, 0.3) is 0 Å². The molecule has 0 heterocycles. The molecule has 0 N–H and O–H groups in total. The fraction of sp³-hybridized carbons (Fsp3) is 0.920. The zero-order valence-corrected chi connectivity index (χ0v) is 22.1. The number of carbonyl (C=O) groups excluding carboxylic acids is 2. The first-order valence-electron chi connectivity index (χ1n) is 11.9. The topological polar surface area (TPSA) is 59.1 Å². The van der Waals surface area contributed by atoms with Gasteiger partial charge in [0.2, 0.25) is 11.8 Å². The van der Waals surface area contributed by atoms with Gasteiger partial charge in [-0.05, 0) is 41.0 Å². The molecular weight excluding hydrogens is 392 g/mol. The Bertz CT molecular complexity index is 538. The lowest BCUT2D eigenvalue weighted by atomic mass is 9.92. The van der Waals surface area contributed by atoms with Crippen LogP contribution in [0.2, 0.25) is 0 Å². The third-order valence-corrected chi connectivity index (χ3v) is 5.07. The number of hydrogen-bond donors (Lipinski definition) is 0. The van der Waals surface area contributed by atoms with Gasteiger partial charge in [-0.1, -0.05) is 41.0 Å². The molecule has 0 saturated carbocycles. The molecule has 0 spiro atoms. The zero-order chi connectivity index (χ0) is 24.3. The van der Waals surface area contributed by atoms with E-state index in [2.05, 4.69) is 34.6 Å². The maximum atomic E-state index is 12.5. The van der Waals surface area contributed by atoms with Crippen molar-refractivity contribution in [2.24, 2.45) is 10.8 Å². The lowest BCUT2D eigenvalue weighted by molar-refractivity contribution is -0.142. The molecular formula is C25H50N2O4. The van der Waals surface area contributed by atoms with Crippen molar-refractivity contribution in [2.75, 3.05) is 46.0 Å². The molecule has 0 fully saturated rings. The highest BCUT2D eigenvalue weighted by Crippen LogP contribution is 2.23. The second-order valence-corrected chi connectivity index (χ2v) is 11.1. The van der Waals surface area contributed by atoms with Crippen LogP contribution in [0, 0.1) is 10.8 Å². The molecule has 31 heavy (non-hydrogen) atoms. The van der Waals surface area contributed by atoms with Gasteiger partial charge in [-0.15, -0.1) is 0 Å². The largest absolute Gasteiger partial charge is 0.380 e. The van der Waals surface area contributed by atoms with Gasteiger partial charge in [0.05, 0.1) is 18.8 Å². The highest BCUT2D eigenvalue weighted by atomic mass is 16.5. The number of likely N-dealkylation sites (N-methyl/N-ethyl adjacent to an activating group) is 1. The van der Waals surface area contributed by atoms with Gasteiger partial charge in [0.1, 0.15) is 6.61 Å². The van der Waals surface area contributed by atoms with Gasteiger partial charge in [0.15, 0.2) is 0 Å². The highest BCUT2D eigenvalue weighted by molar-refractivity contribution is 5.77. The van der Waals surface area contributed by atoms with Gasteiger partial charge < -0.3 is 19.3 Å². The van der Waals surface area contributed by atoms with Gasteiger partial charge in [0.25, 0.3) is 0 Å². The Kier molecular flexibility index (Phi) is 12.9. The molecule has 0 atom stereocenters. The molecule has 184 valence electrons. The number of carbonyl (C=O) groups is 2. The standard InChI is InChI=1S/C25H50N2O4/c1-11-14-15-21(28)26(12-2)17-24(7,8)19-30-20-25(9,10)18-27(13-3)22(29)16-31-23(4,5)6/h11-20H2,1-10H3. The highest BCUT2D eigenvalue weighted by Gasteiger charge is 2.28. The predicted octanol–water partition coefficient (Wildman–Crippen LogP) is 4.76. The summed E-state index contributed by atoms with van der Waals surface area (Å²) in [7, 11) is 0. The van der Waals surface area contributed by atoms with Crippen LogP contribution in [0.4, 0.5) is 0 Å². The van der Waals surface area contributed by atoms with E-state index < -0.39 is 0 Å². The van der Waals surface area contributed by atoms with Gasteiger partial charge in [0, 0.05) is 43.4 Å². The summed E-state index contributed by atoms with van der Waals surface area (Å²) in [5.74, 6) is 0.238. The van der Waals surface area contributed by atoms with Crippen molar-refractivity contribution in [3.05, 3.63) is 0 Å². The average molecular weight is 443 g/mol. The number of hydrogen-bond acceptors (Lipinski definition) is 4.